The molecule has 0 heterocycles. The second kappa shape index (κ2) is 9.31. The first-order valence-corrected chi connectivity index (χ1v) is 10.3. The Bertz CT molecular complexity index is 701. The first-order chi connectivity index (χ1) is 11.8. The molecular weight excluding hydrogens is 360 g/mol. The quantitative estimate of drug-likeness (QED) is 0.456. The van der Waals surface area contributed by atoms with Gasteiger partial charge in [0.15, 0.2) is 6.26 Å². The molecule has 0 aliphatic rings. The number of ether oxygens (including phenoxy) is 1. The van der Waals surface area contributed by atoms with E-state index in [9.17, 15) is 8.76 Å². The summed E-state index contributed by atoms with van der Waals surface area (Å²) >= 11 is 5.83. The fourth-order valence-corrected chi connectivity index (χ4v) is 3.24. The van der Waals surface area contributed by atoms with Crippen molar-refractivity contribution >= 4 is 22.0 Å². The van der Waals surface area contributed by atoms with Crippen LogP contribution in [0.4, 0.5) is 0 Å². The summed E-state index contributed by atoms with van der Waals surface area (Å²) in [5.41, 5.74) is 2.11. The van der Waals surface area contributed by atoms with Crippen molar-refractivity contribution in [1.29, 1.82) is 0 Å². The van der Waals surface area contributed by atoms with Crippen LogP contribution in [0, 0.1) is 0 Å². The van der Waals surface area contributed by atoms with Gasteiger partial charge in [-0.05, 0) is 46.5 Å². The third kappa shape index (κ3) is 7.54. The third-order valence-corrected chi connectivity index (χ3v) is 4.61. The lowest BCUT2D eigenvalue weighted by molar-refractivity contribution is 0.313. The largest absolute Gasteiger partial charge is 0.492 e. The van der Waals surface area contributed by atoms with Crippen LogP contribution < -0.4 is 14.8 Å². The van der Waals surface area contributed by atoms with Crippen LogP contribution in [0.25, 0.3) is 0 Å². The van der Waals surface area contributed by atoms with E-state index >= 15 is 0 Å². The molecule has 0 saturated heterocycles. The van der Waals surface area contributed by atoms with Crippen molar-refractivity contribution in [2.75, 3.05) is 19.4 Å². The van der Waals surface area contributed by atoms with Crippen LogP contribution in [0.1, 0.15) is 24.1 Å². The summed E-state index contributed by atoms with van der Waals surface area (Å²) < 4.78 is 29.0. The van der Waals surface area contributed by atoms with Gasteiger partial charge >= 0.3 is 0 Å². The number of hydrogen-bond donors (Lipinski definition) is 3. The summed E-state index contributed by atoms with van der Waals surface area (Å²) in [5, 5.41) is 4.01. The summed E-state index contributed by atoms with van der Waals surface area (Å²) in [6.45, 7) is 3.89. The highest BCUT2D eigenvalue weighted by Crippen LogP contribution is 2.16. The summed E-state index contributed by atoms with van der Waals surface area (Å²) in [6.07, 6.45) is 1.27. The van der Waals surface area contributed by atoms with Crippen LogP contribution in [0.3, 0.4) is 0 Å². The van der Waals surface area contributed by atoms with Crippen LogP contribution in [-0.4, -0.2) is 24.0 Å². The average Bonchev–Trinajstić information content (AvgIpc) is 2.55. The number of benzene rings is 2. The molecule has 0 amide bonds. The lowest BCUT2D eigenvalue weighted by Gasteiger charge is -2.12. The van der Waals surface area contributed by atoms with Gasteiger partial charge in [-0.2, -0.15) is 4.55 Å². The van der Waals surface area contributed by atoms with E-state index in [-0.39, 0.29) is 6.04 Å². The SMILES string of the molecule is C[C@@H](N[S+](C)(=O)O)c1ccc(CNCCOc2ccc(Cl)cc2)cc1. The molecule has 0 aliphatic carbocycles. The zero-order chi connectivity index (χ0) is 18.3. The Kier molecular flexibility index (Phi) is 7.40. The maximum absolute atomic E-state index is 11.4. The number of halogens is 1. The topological polar surface area (TPSA) is 70.6 Å². The number of rotatable bonds is 9. The first kappa shape index (κ1) is 19.9. The third-order valence-electron chi connectivity index (χ3n) is 3.57. The molecule has 0 radical (unpaired) electrons. The molecule has 5 nitrogen and oxygen atoms in total. The highest BCUT2D eigenvalue weighted by molar-refractivity contribution is 7.95. The Morgan fingerprint density at radius 1 is 1.16 bits per heavy atom. The Balaban J connectivity index is 1.70. The standard InChI is InChI=1S/C18H23ClN2O3S/c1-14(21-25(2,22)23)16-5-3-15(4-6-16)13-20-11-12-24-18-9-7-17(19)8-10-18/h3-10,14,20H,11-13H2,1-2H3,(H-,21,22,23)/p+1/t14-/m1/s1. The molecule has 1 unspecified atom stereocenters. The van der Waals surface area contributed by atoms with Crippen molar-refractivity contribution in [3.05, 3.63) is 64.7 Å². The Morgan fingerprint density at radius 3 is 2.40 bits per heavy atom. The van der Waals surface area contributed by atoms with E-state index in [2.05, 4.69) is 10.0 Å². The van der Waals surface area contributed by atoms with Gasteiger partial charge in [0.05, 0.1) is 6.04 Å². The van der Waals surface area contributed by atoms with Crippen molar-refractivity contribution < 1.29 is 13.5 Å². The van der Waals surface area contributed by atoms with E-state index in [1.165, 1.54) is 6.26 Å². The Labute approximate surface area is 155 Å². The molecule has 0 fully saturated rings. The van der Waals surface area contributed by atoms with Gasteiger partial charge in [0.2, 0.25) is 0 Å². The second-order valence-electron chi connectivity index (χ2n) is 5.86. The van der Waals surface area contributed by atoms with E-state index in [0.29, 0.717) is 11.6 Å². The average molecular weight is 384 g/mol. The normalized spacial score (nSPS) is 14.7. The zero-order valence-electron chi connectivity index (χ0n) is 14.4. The van der Waals surface area contributed by atoms with Gasteiger partial charge in [0, 0.05) is 18.1 Å². The van der Waals surface area contributed by atoms with Gasteiger partial charge in [-0.3, -0.25) is 0 Å². The van der Waals surface area contributed by atoms with Gasteiger partial charge in [0.1, 0.15) is 12.4 Å². The number of nitrogens with one attached hydrogen (secondary N) is 2. The fraction of sp³-hybridized carbons (Fsp3) is 0.333. The molecule has 2 aromatic carbocycles. The Hall–Kier alpha value is -1.44. The van der Waals surface area contributed by atoms with Gasteiger partial charge < -0.3 is 10.1 Å². The van der Waals surface area contributed by atoms with Gasteiger partial charge in [0.25, 0.3) is 10.4 Å². The van der Waals surface area contributed by atoms with E-state index in [1.807, 2.05) is 43.3 Å². The minimum atomic E-state index is -2.96. The van der Waals surface area contributed by atoms with Crippen molar-refractivity contribution in [2.24, 2.45) is 0 Å². The maximum Gasteiger partial charge on any atom is 0.286 e. The summed E-state index contributed by atoms with van der Waals surface area (Å²) in [6, 6.07) is 15.1. The molecule has 0 spiro atoms. The van der Waals surface area contributed by atoms with E-state index in [0.717, 1.165) is 30.0 Å². The van der Waals surface area contributed by atoms with Crippen LogP contribution >= 0.6 is 11.6 Å². The van der Waals surface area contributed by atoms with Gasteiger partial charge in [-0.15, -0.1) is 4.72 Å². The van der Waals surface area contributed by atoms with Crippen molar-refractivity contribution in [1.82, 2.24) is 10.0 Å². The first-order valence-electron chi connectivity index (χ1n) is 8.00. The fourth-order valence-electron chi connectivity index (χ4n) is 2.32. The molecule has 0 aromatic heterocycles. The van der Waals surface area contributed by atoms with Crippen molar-refractivity contribution in [3.63, 3.8) is 0 Å². The van der Waals surface area contributed by atoms with E-state index in [1.54, 1.807) is 12.1 Å². The molecule has 0 aliphatic heterocycles. The zero-order valence-corrected chi connectivity index (χ0v) is 15.9. The smallest absolute Gasteiger partial charge is 0.286 e. The predicted molar refractivity (Wildman–Crippen MR) is 103 cm³/mol. The van der Waals surface area contributed by atoms with Gasteiger partial charge in [-0.1, -0.05) is 35.9 Å². The summed E-state index contributed by atoms with van der Waals surface area (Å²) in [7, 11) is -2.96. The Morgan fingerprint density at radius 2 is 1.80 bits per heavy atom. The lowest BCUT2D eigenvalue weighted by Crippen LogP contribution is -2.30. The minimum Gasteiger partial charge on any atom is -0.492 e. The minimum absolute atomic E-state index is 0.183. The highest BCUT2D eigenvalue weighted by atomic mass is 35.5. The molecule has 0 bridgehead atoms. The predicted octanol–water partition coefficient (Wildman–Crippen LogP) is 3.68. The molecule has 7 heteroatoms. The van der Waals surface area contributed by atoms with Crippen molar-refractivity contribution in [2.45, 2.75) is 19.5 Å². The molecule has 2 atom stereocenters. The summed E-state index contributed by atoms with van der Waals surface area (Å²) in [4.78, 5) is 0. The van der Waals surface area contributed by atoms with E-state index in [4.69, 9.17) is 16.3 Å². The lowest BCUT2D eigenvalue weighted by atomic mass is 10.1. The molecular formula is C18H24ClN2O3S+. The molecule has 2 rings (SSSR count). The monoisotopic (exact) mass is 383 g/mol. The number of hydrogen-bond acceptors (Lipinski definition) is 3. The molecule has 25 heavy (non-hydrogen) atoms. The molecule has 2 aromatic rings. The van der Waals surface area contributed by atoms with Gasteiger partial charge in [-0.25, -0.2) is 0 Å². The molecule has 136 valence electrons. The van der Waals surface area contributed by atoms with Crippen LogP contribution in [0.15, 0.2) is 48.5 Å². The summed E-state index contributed by atoms with van der Waals surface area (Å²) in [5.74, 6) is 0.799. The highest BCUT2D eigenvalue weighted by Gasteiger charge is 2.20. The molecule has 3 N–H and O–H groups in total. The molecule has 0 saturated carbocycles. The maximum atomic E-state index is 11.4. The van der Waals surface area contributed by atoms with Crippen LogP contribution in [-0.2, 0) is 21.2 Å². The second-order valence-corrected chi connectivity index (χ2v) is 8.14. The van der Waals surface area contributed by atoms with E-state index < -0.39 is 10.4 Å². The van der Waals surface area contributed by atoms with Crippen molar-refractivity contribution in [3.8, 4) is 5.75 Å². The van der Waals surface area contributed by atoms with Crippen LogP contribution in [0.5, 0.6) is 5.75 Å². The van der Waals surface area contributed by atoms with Crippen LogP contribution in [0.2, 0.25) is 5.02 Å².